The first-order chi connectivity index (χ1) is 9.83. The average molecular weight is 287 g/mol. The Morgan fingerprint density at radius 2 is 2.00 bits per heavy atom. The Labute approximate surface area is 124 Å². The minimum Gasteiger partial charge on any atom is -0.439 e. The van der Waals surface area contributed by atoms with Crippen molar-refractivity contribution in [2.45, 2.75) is 38.0 Å². The molecule has 1 radical (unpaired) electrons. The number of halogens is 1. The molecule has 1 aliphatic carbocycles. The molecule has 1 aromatic heterocycles. The maximum atomic E-state index is 6.16. The number of aromatic nitrogens is 1. The number of pyridine rings is 1. The number of hydrogen-bond acceptors (Lipinski definition) is 2. The molecule has 0 atom stereocenters. The molecule has 3 rings (SSSR count). The largest absolute Gasteiger partial charge is 0.439 e. The van der Waals surface area contributed by atoms with Gasteiger partial charge in [-0.05, 0) is 48.6 Å². The van der Waals surface area contributed by atoms with Crippen molar-refractivity contribution >= 4 is 11.6 Å². The number of ether oxygens (including phenoxy) is 1. The monoisotopic (exact) mass is 286 g/mol. The standard InChI is InChI=1S/C17H17ClNO/c18-14-9-10-16(20-17-8-4-5-11-19-17)15(12-14)13-6-2-1-3-7-13/h4,8-13H,1-3,6-7H2. The van der Waals surface area contributed by atoms with E-state index in [1.807, 2.05) is 24.3 Å². The third-order valence-electron chi connectivity index (χ3n) is 3.82. The van der Waals surface area contributed by atoms with Gasteiger partial charge in [0.2, 0.25) is 5.88 Å². The van der Waals surface area contributed by atoms with Crippen molar-refractivity contribution in [2.24, 2.45) is 0 Å². The second-order valence-corrected chi connectivity index (χ2v) is 5.65. The number of rotatable bonds is 3. The Hall–Kier alpha value is -1.54. The first kappa shape index (κ1) is 13.4. The van der Waals surface area contributed by atoms with Crippen LogP contribution in [-0.2, 0) is 0 Å². The number of benzene rings is 1. The van der Waals surface area contributed by atoms with E-state index in [0.717, 1.165) is 10.8 Å². The Morgan fingerprint density at radius 3 is 2.75 bits per heavy atom. The zero-order valence-electron chi connectivity index (χ0n) is 11.3. The van der Waals surface area contributed by atoms with Crippen molar-refractivity contribution in [3.05, 3.63) is 53.2 Å². The molecule has 1 saturated carbocycles. The number of hydrogen-bond donors (Lipinski definition) is 0. The van der Waals surface area contributed by atoms with E-state index in [0.29, 0.717) is 11.8 Å². The molecule has 0 N–H and O–H groups in total. The van der Waals surface area contributed by atoms with Crippen LogP contribution in [0.2, 0.25) is 5.02 Å². The lowest BCUT2D eigenvalue weighted by Gasteiger charge is -2.24. The fourth-order valence-electron chi connectivity index (χ4n) is 2.82. The van der Waals surface area contributed by atoms with Gasteiger partial charge in [-0.15, -0.1) is 0 Å². The van der Waals surface area contributed by atoms with Gasteiger partial charge in [-0.2, -0.15) is 0 Å². The first-order valence-electron chi connectivity index (χ1n) is 7.12. The van der Waals surface area contributed by atoms with Gasteiger partial charge >= 0.3 is 0 Å². The molecular formula is C17H17ClNO. The van der Waals surface area contributed by atoms with Crippen LogP contribution in [-0.4, -0.2) is 4.98 Å². The van der Waals surface area contributed by atoms with E-state index >= 15 is 0 Å². The Balaban J connectivity index is 1.89. The van der Waals surface area contributed by atoms with Crippen LogP contribution in [0.25, 0.3) is 0 Å². The van der Waals surface area contributed by atoms with E-state index in [4.69, 9.17) is 16.3 Å². The summed E-state index contributed by atoms with van der Waals surface area (Å²) in [5, 5.41) is 0.771. The van der Waals surface area contributed by atoms with Crippen LogP contribution in [0.4, 0.5) is 0 Å². The molecule has 0 aliphatic heterocycles. The zero-order chi connectivity index (χ0) is 13.8. The van der Waals surface area contributed by atoms with Gasteiger partial charge in [0.15, 0.2) is 0 Å². The molecule has 0 bridgehead atoms. The van der Waals surface area contributed by atoms with Crippen LogP contribution < -0.4 is 4.74 Å². The molecule has 1 heterocycles. The molecule has 3 heteroatoms. The molecule has 20 heavy (non-hydrogen) atoms. The highest BCUT2D eigenvalue weighted by Crippen LogP contribution is 2.39. The fourth-order valence-corrected chi connectivity index (χ4v) is 3.00. The van der Waals surface area contributed by atoms with E-state index in [9.17, 15) is 0 Å². The van der Waals surface area contributed by atoms with Crippen molar-refractivity contribution in [3.8, 4) is 11.6 Å². The van der Waals surface area contributed by atoms with Crippen molar-refractivity contribution in [1.82, 2.24) is 4.98 Å². The molecule has 103 valence electrons. The molecule has 0 saturated heterocycles. The van der Waals surface area contributed by atoms with Crippen LogP contribution in [0, 0.1) is 6.07 Å². The van der Waals surface area contributed by atoms with Gasteiger partial charge in [-0.25, -0.2) is 4.98 Å². The number of nitrogens with zero attached hydrogens (tertiary/aromatic N) is 1. The molecule has 1 aliphatic rings. The van der Waals surface area contributed by atoms with Gasteiger partial charge in [0.05, 0.1) is 0 Å². The van der Waals surface area contributed by atoms with Crippen LogP contribution in [0.15, 0.2) is 36.5 Å². The summed E-state index contributed by atoms with van der Waals surface area (Å²) in [6.45, 7) is 0. The van der Waals surface area contributed by atoms with Gasteiger partial charge in [-0.1, -0.05) is 30.9 Å². The van der Waals surface area contributed by atoms with Crippen molar-refractivity contribution in [2.75, 3.05) is 0 Å². The Bertz CT molecular complexity index is 564. The summed E-state index contributed by atoms with van der Waals surface area (Å²) >= 11 is 6.16. The third kappa shape index (κ3) is 3.13. The lowest BCUT2D eigenvalue weighted by molar-refractivity contribution is 0.413. The summed E-state index contributed by atoms with van der Waals surface area (Å²) in [6, 6.07) is 12.4. The summed E-state index contributed by atoms with van der Waals surface area (Å²) in [5.41, 5.74) is 1.21. The van der Waals surface area contributed by atoms with Gasteiger partial charge in [0, 0.05) is 23.4 Å². The molecule has 0 amide bonds. The molecule has 0 spiro atoms. The SMILES string of the molecule is Clc1ccc(Oc2cc[c]cn2)c(C2CCCCC2)c1. The smallest absolute Gasteiger partial charge is 0.219 e. The Morgan fingerprint density at radius 1 is 1.15 bits per heavy atom. The third-order valence-corrected chi connectivity index (χ3v) is 4.05. The van der Waals surface area contributed by atoms with Gasteiger partial charge in [0.1, 0.15) is 5.75 Å². The topological polar surface area (TPSA) is 22.1 Å². The maximum absolute atomic E-state index is 6.16. The summed E-state index contributed by atoms with van der Waals surface area (Å²) in [4.78, 5) is 4.17. The zero-order valence-corrected chi connectivity index (χ0v) is 12.1. The van der Waals surface area contributed by atoms with E-state index in [1.165, 1.54) is 37.7 Å². The second kappa shape index (κ2) is 6.27. The van der Waals surface area contributed by atoms with E-state index in [2.05, 4.69) is 11.1 Å². The van der Waals surface area contributed by atoms with Gasteiger partial charge in [-0.3, -0.25) is 0 Å². The molecular weight excluding hydrogens is 270 g/mol. The highest BCUT2D eigenvalue weighted by atomic mass is 35.5. The van der Waals surface area contributed by atoms with E-state index in [-0.39, 0.29) is 0 Å². The molecule has 2 aromatic rings. The Kier molecular flexibility index (Phi) is 4.22. The molecule has 1 aromatic carbocycles. The van der Waals surface area contributed by atoms with E-state index < -0.39 is 0 Å². The van der Waals surface area contributed by atoms with Gasteiger partial charge < -0.3 is 4.74 Å². The van der Waals surface area contributed by atoms with Crippen LogP contribution in [0.5, 0.6) is 11.6 Å². The minimum absolute atomic E-state index is 0.549. The lowest BCUT2D eigenvalue weighted by atomic mass is 9.84. The lowest BCUT2D eigenvalue weighted by Crippen LogP contribution is -2.06. The van der Waals surface area contributed by atoms with Crippen LogP contribution >= 0.6 is 11.6 Å². The summed E-state index contributed by atoms with van der Waals surface area (Å²) in [7, 11) is 0. The maximum Gasteiger partial charge on any atom is 0.219 e. The van der Waals surface area contributed by atoms with Crippen LogP contribution in [0.3, 0.4) is 0 Å². The van der Waals surface area contributed by atoms with Crippen LogP contribution in [0.1, 0.15) is 43.6 Å². The predicted molar refractivity (Wildman–Crippen MR) is 80.4 cm³/mol. The first-order valence-corrected chi connectivity index (χ1v) is 7.50. The highest BCUT2D eigenvalue weighted by molar-refractivity contribution is 6.30. The minimum atomic E-state index is 0.549. The van der Waals surface area contributed by atoms with Crippen molar-refractivity contribution < 1.29 is 4.74 Å². The van der Waals surface area contributed by atoms with E-state index in [1.54, 1.807) is 12.3 Å². The molecule has 2 nitrogen and oxygen atoms in total. The predicted octanol–water partition coefficient (Wildman–Crippen LogP) is 5.38. The summed E-state index contributed by atoms with van der Waals surface area (Å²) in [6.07, 6.45) is 7.96. The normalized spacial score (nSPS) is 16.1. The highest BCUT2D eigenvalue weighted by Gasteiger charge is 2.20. The fraction of sp³-hybridized carbons (Fsp3) is 0.353. The summed E-state index contributed by atoms with van der Waals surface area (Å²) in [5.74, 6) is 2.02. The molecule has 1 fully saturated rings. The van der Waals surface area contributed by atoms with Crippen molar-refractivity contribution in [3.63, 3.8) is 0 Å². The second-order valence-electron chi connectivity index (χ2n) is 5.22. The van der Waals surface area contributed by atoms with Crippen molar-refractivity contribution in [1.29, 1.82) is 0 Å². The average Bonchev–Trinajstić information content (AvgIpc) is 2.51. The quantitative estimate of drug-likeness (QED) is 0.756. The summed E-state index contributed by atoms with van der Waals surface area (Å²) < 4.78 is 5.93. The van der Waals surface area contributed by atoms with Gasteiger partial charge in [0.25, 0.3) is 0 Å². The molecule has 0 unspecified atom stereocenters.